The molecule has 3 rings (SSSR count). The first-order valence-electron chi connectivity index (χ1n) is 8.52. The minimum absolute atomic E-state index is 0. The third-order valence-corrected chi connectivity index (χ3v) is 3.81. The molecule has 0 aliphatic carbocycles. The number of aliphatic imine (C=N–C) groups is 1. The lowest BCUT2D eigenvalue weighted by atomic mass is 10.2. The molecule has 9 heteroatoms. The Labute approximate surface area is 174 Å². The molecule has 0 saturated carbocycles. The van der Waals surface area contributed by atoms with E-state index in [-0.39, 0.29) is 30.0 Å². The summed E-state index contributed by atoms with van der Waals surface area (Å²) in [5.41, 5.74) is 0.753. The molecular formula is C18H24IN5O3. The molecule has 3 aromatic rings. The van der Waals surface area contributed by atoms with Crippen molar-refractivity contribution in [3.05, 3.63) is 41.7 Å². The highest BCUT2D eigenvalue weighted by atomic mass is 127. The van der Waals surface area contributed by atoms with Gasteiger partial charge < -0.3 is 24.3 Å². The van der Waals surface area contributed by atoms with Crippen molar-refractivity contribution in [2.75, 3.05) is 13.7 Å². The molecule has 0 spiro atoms. The molecule has 1 aromatic carbocycles. The Morgan fingerprint density at radius 3 is 2.85 bits per heavy atom. The van der Waals surface area contributed by atoms with Gasteiger partial charge in [0.25, 0.3) is 0 Å². The topological polar surface area (TPSA) is 97.7 Å². The van der Waals surface area contributed by atoms with Crippen molar-refractivity contribution in [1.82, 2.24) is 20.8 Å². The van der Waals surface area contributed by atoms with Crippen LogP contribution in [0.15, 0.2) is 38.2 Å². The molecule has 0 amide bonds. The molecule has 27 heavy (non-hydrogen) atoms. The SMILES string of the molecule is CCOc1cccc2cc(C(C)NC(=NC)NCc3noc(C)n3)oc12.I. The van der Waals surface area contributed by atoms with Gasteiger partial charge in [-0.25, -0.2) is 0 Å². The third-order valence-electron chi connectivity index (χ3n) is 3.81. The molecule has 0 aliphatic rings. The van der Waals surface area contributed by atoms with Gasteiger partial charge in [0, 0.05) is 19.4 Å². The molecule has 2 aromatic heterocycles. The first-order chi connectivity index (χ1) is 12.6. The quantitative estimate of drug-likeness (QED) is 0.313. The molecule has 1 atom stereocenters. The van der Waals surface area contributed by atoms with Gasteiger partial charge in [-0.2, -0.15) is 4.98 Å². The zero-order chi connectivity index (χ0) is 18.5. The zero-order valence-electron chi connectivity index (χ0n) is 15.8. The Hall–Kier alpha value is -2.30. The molecule has 0 radical (unpaired) electrons. The number of aryl methyl sites for hydroxylation is 1. The number of furan rings is 1. The summed E-state index contributed by atoms with van der Waals surface area (Å²) < 4.78 is 16.6. The highest BCUT2D eigenvalue weighted by Gasteiger charge is 2.15. The molecule has 8 nitrogen and oxygen atoms in total. The van der Waals surface area contributed by atoms with E-state index in [0.717, 1.165) is 22.5 Å². The van der Waals surface area contributed by atoms with Crippen LogP contribution in [0.25, 0.3) is 11.0 Å². The van der Waals surface area contributed by atoms with Gasteiger partial charge in [-0.15, -0.1) is 24.0 Å². The van der Waals surface area contributed by atoms with E-state index in [2.05, 4.69) is 25.8 Å². The number of nitrogens with one attached hydrogen (secondary N) is 2. The summed E-state index contributed by atoms with van der Waals surface area (Å²) in [5, 5.41) is 11.3. The van der Waals surface area contributed by atoms with Crippen molar-refractivity contribution in [3.63, 3.8) is 0 Å². The van der Waals surface area contributed by atoms with Gasteiger partial charge in [0.1, 0.15) is 5.76 Å². The molecule has 0 saturated heterocycles. The largest absolute Gasteiger partial charge is 0.490 e. The molecule has 0 aliphatic heterocycles. The van der Waals surface area contributed by atoms with Crippen LogP contribution in [-0.2, 0) is 6.54 Å². The molecule has 1 unspecified atom stereocenters. The summed E-state index contributed by atoms with van der Waals surface area (Å²) in [5.74, 6) is 3.27. The summed E-state index contributed by atoms with van der Waals surface area (Å²) in [4.78, 5) is 8.37. The number of halogens is 1. The minimum atomic E-state index is -0.0879. The first-order valence-corrected chi connectivity index (χ1v) is 8.52. The van der Waals surface area contributed by atoms with Crippen LogP contribution in [0.4, 0.5) is 0 Å². The summed E-state index contributed by atoms with van der Waals surface area (Å²) in [6, 6.07) is 7.78. The Bertz CT molecular complexity index is 905. The smallest absolute Gasteiger partial charge is 0.223 e. The van der Waals surface area contributed by atoms with Crippen LogP contribution < -0.4 is 15.4 Å². The van der Waals surface area contributed by atoms with E-state index in [1.54, 1.807) is 14.0 Å². The molecule has 146 valence electrons. The Morgan fingerprint density at radius 2 is 2.19 bits per heavy atom. The number of hydrogen-bond acceptors (Lipinski definition) is 6. The fraction of sp³-hybridized carbons (Fsp3) is 0.389. The maximum atomic E-state index is 6.02. The Balaban J connectivity index is 0.00000261. The maximum absolute atomic E-state index is 6.02. The van der Waals surface area contributed by atoms with E-state index >= 15 is 0 Å². The first kappa shape index (κ1) is 21.0. The molecule has 0 fully saturated rings. The summed E-state index contributed by atoms with van der Waals surface area (Å²) in [6.07, 6.45) is 0. The zero-order valence-corrected chi connectivity index (χ0v) is 18.1. The van der Waals surface area contributed by atoms with Crippen molar-refractivity contribution < 1.29 is 13.7 Å². The molecule has 0 bridgehead atoms. The van der Waals surface area contributed by atoms with E-state index in [0.29, 0.717) is 30.8 Å². The van der Waals surface area contributed by atoms with Crippen LogP contribution in [0.1, 0.15) is 37.4 Å². The van der Waals surface area contributed by atoms with Gasteiger partial charge in [-0.3, -0.25) is 4.99 Å². The summed E-state index contributed by atoms with van der Waals surface area (Å²) in [6.45, 7) is 6.72. The van der Waals surface area contributed by atoms with Crippen LogP contribution in [0, 0.1) is 6.92 Å². The summed E-state index contributed by atoms with van der Waals surface area (Å²) in [7, 11) is 1.70. The van der Waals surface area contributed by atoms with E-state index in [4.69, 9.17) is 13.7 Å². The monoisotopic (exact) mass is 485 g/mol. The lowest BCUT2D eigenvalue weighted by molar-refractivity contribution is 0.336. The van der Waals surface area contributed by atoms with E-state index in [1.165, 1.54) is 0 Å². The maximum Gasteiger partial charge on any atom is 0.223 e. The highest BCUT2D eigenvalue weighted by molar-refractivity contribution is 14.0. The molecule has 2 N–H and O–H groups in total. The average molecular weight is 485 g/mol. The van der Waals surface area contributed by atoms with Crippen molar-refractivity contribution in [1.29, 1.82) is 0 Å². The van der Waals surface area contributed by atoms with Crippen molar-refractivity contribution in [2.45, 2.75) is 33.4 Å². The van der Waals surface area contributed by atoms with E-state index < -0.39 is 0 Å². The fourth-order valence-electron chi connectivity index (χ4n) is 2.59. The minimum Gasteiger partial charge on any atom is -0.490 e. The predicted molar refractivity (Wildman–Crippen MR) is 114 cm³/mol. The van der Waals surface area contributed by atoms with E-state index in [9.17, 15) is 0 Å². The van der Waals surface area contributed by atoms with Gasteiger partial charge in [-0.05, 0) is 26.0 Å². The van der Waals surface area contributed by atoms with Gasteiger partial charge in [0.15, 0.2) is 23.1 Å². The van der Waals surface area contributed by atoms with Crippen LogP contribution in [0.5, 0.6) is 5.75 Å². The summed E-state index contributed by atoms with van der Waals surface area (Å²) >= 11 is 0. The number of nitrogens with zero attached hydrogens (tertiary/aromatic N) is 3. The van der Waals surface area contributed by atoms with E-state index in [1.807, 2.05) is 38.1 Å². The van der Waals surface area contributed by atoms with Crippen LogP contribution >= 0.6 is 24.0 Å². The van der Waals surface area contributed by atoms with Crippen LogP contribution in [0.2, 0.25) is 0 Å². The number of fused-ring (bicyclic) bond motifs is 1. The van der Waals surface area contributed by atoms with Gasteiger partial charge in [0.05, 0.1) is 19.2 Å². The predicted octanol–water partition coefficient (Wildman–Crippen LogP) is 3.57. The van der Waals surface area contributed by atoms with Crippen LogP contribution in [0.3, 0.4) is 0 Å². The normalized spacial score (nSPS) is 12.5. The van der Waals surface area contributed by atoms with Gasteiger partial charge >= 0.3 is 0 Å². The molecular weight excluding hydrogens is 461 g/mol. The number of para-hydroxylation sites is 1. The van der Waals surface area contributed by atoms with Crippen molar-refractivity contribution in [2.24, 2.45) is 4.99 Å². The van der Waals surface area contributed by atoms with Crippen molar-refractivity contribution in [3.8, 4) is 5.75 Å². The fourth-order valence-corrected chi connectivity index (χ4v) is 2.59. The number of benzene rings is 1. The number of rotatable bonds is 6. The number of guanidine groups is 1. The van der Waals surface area contributed by atoms with Gasteiger partial charge in [-0.1, -0.05) is 17.3 Å². The molecule has 2 heterocycles. The second kappa shape index (κ2) is 9.58. The third kappa shape index (κ3) is 5.12. The lowest BCUT2D eigenvalue weighted by Gasteiger charge is -2.15. The average Bonchev–Trinajstić information content (AvgIpc) is 3.25. The number of aromatic nitrogens is 2. The lowest BCUT2D eigenvalue weighted by Crippen LogP contribution is -2.38. The highest BCUT2D eigenvalue weighted by Crippen LogP contribution is 2.31. The Kier molecular flexibility index (Phi) is 7.45. The Morgan fingerprint density at radius 1 is 1.37 bits per heavy atom. The standard InChI is InChI=1S/C18H23N5O3.HI/c1-5-24-14-8-6-7-13-9-15(25-17(13)14)11(2)21-18(19-4)20-10-16-22-12(3)26-23-16;/h6-9,11H,5,10H2,1-4H3,(H2,19,20,21);1H. The number of hydrogen-bond donors (Lipinski definition) is 2. The van der Waals surface area contributed by atoms with Crippen LogP contribution in [-0.4, -0.2) is 29.8 Å². The van der Waals surface area contributed by atoms with Gasteiger partial charge in [0.2, 0.25) is 5.89 Å². The second-order valence-corrected chi connectivity index (χ2v) is 5.78. The van der Waals surface area contributed by atoms with Crippen molar-refractivity contribution >= 4 is 40.9 Å². The second-order valence-electron chi connectivity index (χ2n) is 5.78. The number of ether oxygens (including phenoxy) is 1.